The number of hydrogen-bond donors (Lipinski definition) is 1. The molecule has 0 amide bonds. The van der Waals surface area contributed by atoms with Gasteiger partial charge in [-0.1, -0.05) is 0 Å². The van der Waals surface area contributed by atoms with Gasteiger partial charge in [0.25, 0.3) is 5.56 Å². The minimum absolute atomic E-state index is 0.111. The fourth-order valence-corrected chi connectivity index (χ4v) is 2.41. The summed E-state index contributed by atoms with van der Waals surface area (Å²) in [6.45, 7) is 2.20. The number of anilines is 2. The van der Waals surface area contributed by atoms with E-state index in [1.165, 1.54) is 26.2 Å². The number of ketones is 1. The Hall–Kier alpha value is -2.90. The van der Waals surface area contributed by atoms with E-state index in [0.717, 1.165) is 9.13 Å². The maximum Gasteiger partial charge on any atom is 0.332 e. The second kappa shape index (κ2) is 6.69. The molecule has 1 heterocycles. The molecule has 0 spiro atoms. The van der Waals surface area contributed by atoms with E-state index in [4.69, 9.17) is 5.73 Å². The Balaban J connectivity index is 2.41. The van der Waals surface area contributed by atoms with E-state index in [1.807, 2.05) is 6.92 Å². The van der Waals surface area contributed by atoms with Crippen LogP contribution in [-0.2, 0) is 14.1 Å². The Morgan fingerprint density at radius 2 is 1.75 bits per heavy atom. The van der Waals surface area contributed by atoms with Gasteiger partial charge in [-0.05, 0) is 31.2 Å². The van der Waals surface area contributed by atoms with E-state index < -0.39 is 17.0 Å². The topological polar surface area (TPSA) is 90.3 Å². The van der Waals surface area contributed by atoms with Crippen molar-refractivity contribution < 1.29 is 9.18 Å². The van der Waals surface area contributed by atoms with Gasteiger partial charge in [0.15, 0.2) is 5.78 Å². The van der Waals surface area contributed by atoms with Crippen LogP contribution in [0.4, 0.5) is 15.9 Å². The largest absolute Gasteiger partial charge is 0.384 e. The molecule has 2 rings (SSSR count). The molecule has 24 heavy (non-hydrogen) atoms. The first kappa shape index (κ1) is 17.5. The number of aromatic nitrogens is 2. The van der Waals surface area contributed by atoms with Crippen LogP contribution >= 0.6 is 0 Å². The standard InChI is InChI=1S/C16H19FN4O3/c1-4-21(11-7-5-10(17)6-8-11)9-12(22)13-14(18)19(2)16(24)20(3)15(13)23/h5-8H,4,9,18H2,1-3H3. The molecule has 2 N–H and O–H groups in total. The number of halogens is 1. The molecule has 0 aliphatic heterocycles. The van der Waals surface area contributed by atoms with Crippen molar-refractivity contribution in [2.45, 2.75) is 6.92 Å². The zero-order valence-corrected chi connectivity index (χ0v) is 13.7. The third kappa shape index (κ3) is 3.08. The molecule has 0 aliphatic carbocycles. The molecule has 0 fully saturated rings. The zero-order valence-electron chi connectivity index (χ0n) is 13.7. The molecule has 7 nitrogen and oxygen atoms in total. The molecule has 0 radical (unpaired) electrons. The average Bonchev–Trinajstić information content (AvgIpc) is 2.57. The fourth-order valence-electron chi connectivity index (χ4n) is 2.41. The predicted molar refractivity (Wildman–Crippen MR) is 90.0 cm³/mol. The first-order valence-corrected chi connectivity index (χ1v) is 7.37. The van der Waals surface area contributed by atoms with E-state index in [0.29, 0.717) is 12.2 Å². The van der Waals surface area contributed by atoms with Gasteiger partial charge in [-0.3, -0.25) is 18.7 Å². The van der Waals surface area contributed by atoms with Crippen molar-refractivity contribution in [1.29, 1.82) is 0 Å². The zero-order chi connectivity index (χ0) is 18.0. The van der Waals surface area contributed by atoms with Gasteiger partial charge in [0.1, 0.15) is 17.2 Å². The molecule has 8 heteroatoms. The lowest BCUT2D eigenvalue weighted by Gasteiger charge is -2.22. The van der Waals surface area contributed by atoms with Crippen molar-refractivity contribution >= 4 is 17.3 Å². The van der Waals surface area contributed by atoms with Crippen LogP contribution in [0.2, 0.25) is 0 Å². The van der Waals surface area contributed by atoms with Crippen LogP contribution in [0.15, 0.2) is 33.9 Å². The van der Waals surface area contributed by atoms with Gasteiger partial charge in [-0.25, -0.2) is 9.18 Å². The maximum absolute atomic E-state index is 13.0. The summed E-state index contributed by atoms with van der Waals surface area (Å²) >= 11 is 0. The molecule has 2 aromatic rings. The average molecular weight is 334 g/mol. The summed E-state index contributed by atoms with van der Waals surface area (Å²) in [5.74, 6) is -1.05. The smallest absolute Gasteiger partial charge is 0.332 e. The van der Waals surface area contributed by atoms with Crippen molar-refractivity contribution in [3.63, 3.8) is 0 Å². The highest BCUT2D eigenvalue weighted by atomic mass is 19.1. The lowest BCUT2D eigenvalue weighted by atomic mass is 10.1. The van der Waals surface area contributed by atoms with Gasteiger partial charge in [0.2, 0.25) is 0 Å². The first-order valence-electron chi connectivity index (χ1n) is 7.37. The van der Waals surface area contributed by atoms with E-state index >= 15 is 0 Å². The number of carbonyl (C=O) groups is 1. The Morgan fingerprint density at radius 1 is 1.17 bits per heavy atom. The summed E-state index contributed by atoms with van der Waals surface area (Å²) in [4.78, 5) is 38.3. The number of carbonyl (C=O) groups excluding carboxylic acids is 1. The molecule has 0 saturated carbocycles. The number of nitrogens with zero attached hydrogens (tertiary/aromatic N) is 3. The monoisotopic (exact) mass is 334 g/mol. The van der Waals surface area contributed by atoms with Crippen molar-refractivity contribution in [3.05, 3.63) is 56.5 Å². The van der Waals surface area contributed by atoms with Gasteiger partial charge in [-0.2, -0.15) is 0 Å². The molecule has 0 unspecified atom stereocenters. The van der Waals surface area contributed by atoms with Crippen LogP contribution in [0, 0.1) is 5.82 Å². The number of rotatable bonds is 5. The van der Waals surface area contributed by atoms with Crippen LogP contribution in [0.3, 0.4) is 0 Å². The minimum atomic E-state index is -0.726. The van der Waals surface area contributed by atoms with Crippen molar-refractivity contribution in [3.8, 4) is 0 Å². The summed E-state index contributed by atoms with van der Waals surface area (Å²) in [7, 11) is 2.68. The van der Waals surface area contributed by atoms with Gasteiger partial charge < -0.3 is 10.6 Å². The minimum Gasteiger partial charge on any atom is -0.384 e. The van der Waals surface area contributed by atoms with E-state index in [9.17, 15) is 18.8 Å². The van der Waals surface area contributed by atoms with Crippen LogP contribution in [0.25, 0.3) is 0 Å². The predicted octanol–water partition coefficient (Wildman–Crippen LogP) is 0.514. The SMILES string of the molecule is CCN(CC(=O)c1c(N)n(C)c(=O)n(C)c1=O)c1ccc(F)cc1. The number of benzene rings is 1. The maximum atomic E-state index is 13.0. The number of Topliss-reactive ketones (excluding diaryl/α,β-unsaturated/α-hetero) is 1. The molecular formula is C16H19FN4O3. The van der Waals surface area contributed by atoms with Gasteiger partial charge in [0.05, 0.1) is 6.54 Å². The van der Waals surface area contributed by atoms with Gasteiger partial charge in [0, 0.05) is 26.3 Å². The lowest BCUT2D eigenvalue weighted by molar-refractivity contribution is 0.0997. The molecule has 0 atom stereocenters. The molecule has 1 aromatic heterocycles. The van der Waals surface area contributed by atoms with Crippen molar-refractivity contribution in [2.75, 3.05) is 23.7 Å². The summed E-state index contributed by atoms with van der Waals surface area (Å²) < 4.78 is 14.9. The quantitative estimate of drug-likeness (QED) is 0.805. The number of hydrogen-bond acceptors (Lipinski definition) is 5. The Bertz CT molecular complexity index is 884. The Kier molecular flexibility index (Phi) is 4.87. The lowest BCUT2D eigenvalue weighted by Crippen LogP contribution is -2.43. The highest BCUT2D eigenvalue weighted by Gasteiger charge is 2.22. The normalized spacial score (nSPS) is 10.7. The van der Waals surface area contributed by atoms with Crippen LogP contribution in [0.5, 0.6) is 0 Å². The van der Waals surface area contributed by atoms with Crippen LogP contribution in [0.1, 0.15) is 17.3 Å². The Morgan fingerprint density at radius 3 is 2.29 bits per heavy atom. The summed E-state index contributed by atoms with van der Waals surface area (Å²) in [6, 6.07) is 5.69. The summed E-state index contributed by atoms with van der Waals surface area (Å²) in [6.07, 6.45) is 0. The van der Waals surface area contributed by atoms with Crippen molar-refractivity contribution in [2.24, 2.45) is 14.1 Å². The molecule has 128 valence electrons. The van der Waals surface area contributed by atoms with Crippen LogP contribution in [-0.4, -0.2) is 28.0 Å². The van der Waals surface area contributed by atoms with E-state index in [-0.39, 0.29) is 23.7 Å². The third-order valence-electron chi connectivity index (χ3n) is 3.90. The van der Waals surface area contributed by atoms with Gasteiger partial charge in [-0.15, -0.1) is 0 Å². The highest BCUT2D eigenvalue weighted by molar-refractivity contribution is 6.02. The second-order valence-corrected chi connectivity index (χ2v) is 5.38. The molecule has 0 bridgehead atoms. The summed E-state index contributed by atoms with van der Waals surface area (Å²) in [5, 5.41) is 0. The molecule has 0 aliphatic rings. The van der Waals surface area contributed by atoms with E-state index in [1.54, 1.807) is 17.0 Å². The molecule has 1 aromatic carbocycles. The summed E-state index contributed by atoms with van der Waals surface area (Å²) in [5.41, 5.74) is 4.89. The molecule has 0 saturated heterocycles. The molecular weight excluding hydrogens is 315 g/mol. The first-order chi connectivity index (χ1) is 11.3. The third-order valence-corrected chi connectivity index (χ3v) is 3.90. The Labute approximate surface area is 137 Å². The number of nitrogen functional groups attached to an aromatic ring is 1. The highest BCUT2D eigenvalue weighted by Crippen LogP contribution is 2.15. The van der Waals surface area contributed by atoms with Crippen LogP contribution < -0.4 is 21.9 Å². The number of likely N-dealkylation sites (N-methyl/N-ethyl adjacent to an activating group) is 1. The van der Waals surface area contributed by atoms with Crippen molar-refractivity contribution in [1.82, 2.24) is 9.13 Å². The number of nitrogens with two attached hydrogens (primary N) is 1. The fraction of sp³-hybridized carbons (Fsp3) is 0.312. The van der Waals surface area contributed by atoms with E-state index in [2.05, 4.69) is 0 Å². The van der Waals surface area contributed by atoms with Gasteiger partial charge >= 0.3 is 5.69 Å². The second-order valence-electron chi connectivity index (χ2n) is 5.38.